The van der Waals surface area contributed by atoms with Gasteiger partial charge in [0.15, 0.2) is 6.29 Å². The van der Waals surface area contributed by atoms with Crippen molar-refractivity contribution in [1.82, 2.24) is 5.32 Å². The number of amides is 1. The largest absolute Gasteiger partial charge is 0.481 e. The van der Waals surface area contributed by atoms with E-state index in [0.29, 0.717) is 13.2 Å². The molecule has 3 aliphatic rings. The molecule has 1 amide bonds. The van der Waals surface area contributed by atoms with Crippen molar-refractivity contribution in [1.29, 1.82) is 0 Å². The van der Waals surface area contributed by atoms with E-state index in [0.717, 1.165) is 57.8 Å². The summed E-state index contributed by atoms with van der Waals surface area (Å²) in [5.41, 5.74) is -0.450. The molecule has 0 aromatic rings. The van der Waals surface area contributed by atoms with Crippen molar-refractivity contribution in [2.45, 2.75) is 83.7 Å². The van der Waals surface area contributed by atoms with E-state index >= 15 is 0 Å². The Kier molecular flexibility index (Phi) is 8.54. The molecule has 1 saturated heterocycles. The first kappa shape index (κ1) is 23.8. The SMILES string of the molecule is CC(C(=O)OC(OC(=O)NCC1(CC(=O)O)CCCCC1)C1CCCC1)C1OCCO1. The summed E-state index contributed by atoms with van der Waals surface area (Å²) in [6.45, 7) is 2.78. The van der Waals surface area contributed by atoms with E-state index in [4.69, 9.17) is 18.9 Å². The molecule has 2 N–H and O–H groups in total. The zero-order chi connectivity index (χ0) is 22.3. The maximum Gasteiger partial charge on any atom is 0.410 e. The minimum absolute atomic E-state index is 0.0211. The van der Waals surface area contributed by atoms with Gasteiger partial charge in [-0.25, -0.2) is 4.79 Å². The summed E-state index contributed by atoms with van der Waals surface area (Å²) < 4.78 is 21.9. The third-order valence-electron chi connectivity index (χ3n) is 6.72. The molecule has 3 rings (SSSR count). The number of esters is 1. The van der Waals surface area contributed by atoms with Crippen LogP contribution in [0.5, 0.6) is 0 Å². The Balaban J connectivity index is 1.56. The van der Waals surface area contributed by atoms with Gasteiger partial charge < -0.3 is 29.4 Å². The van der Waals surface area contributed by atoms with Crippen molar-refractivity contribution in [2.24, 2.45) is 17.3 Å². The topological polar surface area (TPSA) is 120 Å². The van der Waals surface area contributed by atoms with Gasteiger partial charge in [-0.1, -0.05) is 32.1 Å². The first-order valence-electron chi connectivity index (χ1n) is 11.5. The van der Waals surface area contributed by atoms with Crippen molar-refractivity contribution in [3.8, 4) is 0 Å². The van der Waals surface area contributed by atoms with Crippen LogP contribution in [0.15, 0.2) is 0 Å². The summed E-state index contributed by atoms with van der Waals surface area (Å²) in [6, 6.07) is 0. The molecule has 2 aliphatic carbocycles. The highest BCUT2D eigenvalue weighted by molar-refractivity contribution is 5.73. The average molecular weight is 442 g/mol. The summed E-state index contributed by atoms with van der Waals surface area (Å²) >= 11 is 0. The Bertz CT molecular complexity index is 621. The van der Waals surface area contributed by atoms with Crippen LogP contribution in [0.3, 0.4) is 0 Å². The first-order chi connectivity index (χ1) is 14.9. The molecule has 31 heavy (non-hydrogen) atoms. The summed E-state index contributed by atoms with van der Waals surface area (Å²) in [6.07, 6.45) is 5.87. The zero-order valence-corrected chi connectivity index (χ0v) is 18.3. The number of carbonyl (C=O) groups excluding carboxylic acids is 2. The molecule has 2 atom stereocenters. The number of aliphatic carboxylic acids is 1. The van der Waals surface area contributed by atoms with Gasteiger partial charge in [-0.3, -0.25) is 9.59 Å². The summed E-state index contributed by atoms with van der Waals surface area (Å²) in [4.78, 5) is 36.5. The van der Waals surface area contributed by atoms with Gasteiger partial charge in [0.1, 0.15) is 5.92 Å². The quantitative estimate of drug-likeness (QED) is 0.413. The summed E-state index contributed by atoms with van der Waals surface area (Å²) in [5.74, 6) is -2.06. The van der Waals surface area contributed by atoms with Crippen molar-refractivity contribution in [3.05, 3.63) is 0 Å². The third kappa shape index (κ3) is 6.80. The molecule has 3 fully saturated rings. The van der Waals surface area contributed by atoms with E-state index in [1.807, 2.05) is 0 Å². The van der Waals surface area contributed by atoms with Gasteiger partial charge in [0.25, 0.3) is 6.29 Å². The molecule has 1 heterocycles. The Morgan fingerprint density at radius 2 is 1.68 bits per heavy atom. The lowest BCUT2D eigenvalue weighted by Crippen LogP contribution is -2.43. The summed E-state index contributed by atoms with van der Waals surface area (Å²) in [5, 5.41) is 12.0. The molecule has 1 aliphatic heterocycles. The Morgan fingerprint density at radius 3 is 2.29 bits per heavy atom. The van der Waals surface area contributed by atoms with E-state index in [-0.39, 0.29) is 18.9 Å². The number of alkyl carbamates (subject to hydrolysis) is 1. The Labute approximate surface area is 183 Å². The highest BCUT2D eigenvalue weighted by Gasteiger charge is 2.38. The standard InChI is InChI=1S/C22H35NO8/c1-15(19-28-11-12-29-19)18(26)30-20(16-7-3-4-8-16)31-21(27)23-14-22(13-17(24)25)9-5-2-6-10-22/h15-16,19-20H,2-14H2,1H3,(H,23,27)(H,24,25). The number of ether oxygens (including phenoxy) is 4. The van der Waals surface area contributed by atoms with Crippen LogP contribution >= 0.6 is 0 Å². The number of nitrogens with one attached hydrogen (secondary N) is 1. The molecule has 0 aromatic heterocycles. The zero-order valence-electron chi connectivity index (χ0n) is 18.3. The molecule has 2 saturated carbocycles. The number of hydrogen-bond donors (Lipinski definition) is 2. The van der Waals surface area contributed by atoms with Gasteiger partial charge >= 0.3 is 18.0 Å². The third-order valence-corrected chi connectivity index (χ3v) is 6.72. The molecule has 0 spiro atoms. The van der Waals surface area contributed by atoms with Gasteiger partial charge in [0, 0.05) is 12.5 Å². The highest BCUT2D eigenvalue weighted by Crippen LogP contribution is 2.39. The maximum atomic E-state index is 12.6. The van der Waals surface area contributed by atoms with Crippen LogP contribution in [0.2, 0.25) is 0 Å². The molecule has 0 bridgehead atoms. The van der Waals surface area contributed by atoms with E-state index in [2.05, 4.69) is 5.32 Å². The van der Waals surface area contributed by atoms with Crippen LogP contribution in [-0.2, 0) is 28.5 Å². The fraction of sp³-hybridized carbons (Fsp3) is 0.864. The predicted octanol–water partition coefficient (Wildman–Crippen LogP) is 3.21. The van der Waals surface area contributed by atoms with E-state index < -0.39 is 41.9 Å². The van der Waals surface area contributed by atoms with Crippen molar-refractivity contribution in [2.75, 3.05) is 19.8 Å². The van der Waals surface area contributed by atoms with Gasteiger partial charge in [-0.2, -0.15) is 0 Å². The number of carboxylic acids is 1. The number of hydrogen-bond acceptors (Lipinski definition) is 7. The predicted molar refractivity (Wildman–Crippen MR) is 109 cm³/mol. The van der Waals surface area contributed by atoms with Crippen LogP contribution in [-0.4, -0.2) is 55.5 Å². The number of carbonyl (C=O) groups is 3. The van der Waals surface area contributed by atoms with Gasteiger partial charge in [-0.15, -0.1) is 0 Å². The summed E-state index contributed by atoms with van der Waals surface area (Å²) in [7, 11) is 0. The minimum Gasteiger partial charge on any atom is -0.481 e. The molecular weight excluding hydrogens is 406 g/mol. The lowest BCUT2D eigenvalue weighted by molar-refractivity contribution is -0.192. The van der Waals surface area contributed by atoms with Gasteiger partial charge in [0.05, 0.1) is 19.6 Å². The maximum absolute atomic E-state index is 12.6. The lowest BCUT2D eigenvalue weighted by Gasteiger charge is -2.36. The van der Waals surface area contributed by atoms with Crippen LogP contribution in [0.4, 0.5) is 4.79 Å². The number of rotatable bonds is 9. The second-order valence-electron chi connectivity index (χ2n) is 9.14. The molecule has 9 nitrogen and oxygen atoms in total. The van der Waals surface area contributed by atoms with Gasteiger partial charge in [0.2, 0.25) is 0 Å². The van der Waals surface area contributed by atoms with E-state index in [1.165, 1.54) is 0 Å². The Morgan fingerprint density at radius 1 is 1.03 bits per heavy atom. The smallest absolute Gasteiger partial charge is 0.410 e. The highest BCUT2D eigenvalue weighted by atomic mass is 16.7. The van der Waals surface area contributed by atoms with Crippen molar-refractivity contribution in [3.63, 3.8) is 0 Å². The number of carboxylic acid groups (broad SMARTS) is 1. The molecule has 0 aromatic carbocycles. The molecule has 9 heteroatoms. The van der Waals surface area contributed by atoms with Crippen LogP contribution in [0.25, 0.3) is 0 Å². The van der Waals surface area contributed by atoms with Crippen molar-refractivity contribution >= 4 is 18.0 Å². The minimum atomic E-state index is -0.972. The second-order valence-corrected chi connectivity index (χ2v) is 9.14. The fourth-order valence-electron chi connectivity index (χ4n) is 4.89. The normalized spacial score (nSPS) is 23.8. The average Bonchev–Trinajstić information content (AvgIpc) is 3.45. The monoisotopic (exact) mass is 441 g/mol. The molecule has 2 unspecified atom stereocenters. The van der Waals surface area contributed by atoms with Crippen LogP contribution in [0, 0.1) is 17.3 Å². The van der Waals surface area contributed by atoms with E-state index in [1.54, 1.807) is 6.92 Å². The van der Waals surface area contributed by atoms with Gasteiger partial charge in [-0.05, 0) is 38.0 Å². The molecule has 176 valence electrons. The lowest BCUT2D eigenvalue weighted by atomic mass is 9.72. The van der Waals surface area contributed by atoms with E-state index in [9.17, 15) is 19.5 Å². The van der Waals surface area contributed by atoms with Crippen LogP contribution in [0.1, 0.15) is 71.1 Å². The first-order valence-corrected chi connectivity index (χ1v) is 11.5. The molecule has 0 radical (unpaired) electrons. The van der Waals surface area contributed by atoms with Crippen LogP contribution < -0.4 is 5.32 Å². The second kappa shape index (κ2) is 11.1. The Hall–Kier alpha value is -1.87. The molecular formula is C22H35NO8. The van der Waals surface area contributed by atoms with Crippen molar-refractivity contribution < 1.29 is 38.4 Å². The fourth-order valence-corrected chi connectivity index (χ4v) is 4.89.